The number of carbonyl (C=O) groups excluding carboxylic acids is 2. The number of carbonyl (C=O) groups is 2. The minimum atomic E-state index is -0.0335. The molecule has 19 heavy (non-hydrogen) atoms. The maximum absolute atomic E-state index is 12.4. The minimum absolute atomic E-state index is 0.000926. The molecule has 1 spiro atoms. The first-order valence-electron chi connectivity index (χ1n) is 7.94. The zero-order chi connectivity index (χ0) is 13.5. The first kappa shape index (κ1) is 13.1. The Hall–Kier alpha value is -0.860. The standard InChI is InChI=1S/C16H25NO2/c1-11-6-8-16(9-7-11)10-13(18)17-15(19)14(16)12-4-2-3-5-12/h11-12,14H,2-10H2,1H3,(H,17,18,19). The molecule has 1 unspecified atom stereocenters. The second-order valence-electron chi connectivity index (χ2n) is 7.16. The molecule has 3 heteroatoms. The topological polar surface area (TPSA) is 46.2 Å². The number of piperidine rings is 1. The fraction of sp³-hybridized carbons (Fsp3) is 0.875. The average Bonchev–Trinajstić information content (AvgIpc) is 2.86. The van der Waals surface area contributed by atoms with Crippen LogP contribution in [0, 0.1) is 23.2 Å². The first-order chi connectivity index (χ1) is 9.11. The molecule has 2 saturated carbocycles. The van der Waals surface area contributed by atoms with Crippen LogP contribution >= 0.6 is 0 Å². The molecule has 1 atom stereocenters. The molecular weight excluding hydrogens is 238 g/mol. The molecule has 3 aliphatic rings. The monoisotopic (exact) mass is 263 g/mol. The third-order valence-electron chi connectivity index (χ3n) is 5.86. The van der Waals surface area contributed by atoms with Crippen molar-refractivity contribution in [3.8, 4) is 0 Å². The zero-order valence-electron chi connectivity index (χ0n) is 11.9. The van der Waals surface area contributed by atoms with Gasteiger partial charge in [-0.3, -0.25) is 14.9 Å². The summed E-state index contributed by atoms with van der Waals surface area (Å²) in [6.07, 6.45) is 10.0. The van der Waals surface area contributed by atoms with Crippen molar-refractivity contribution in [2.24, 2.45) is 23.2 Å². The van der Waals surface area contributed by atoms with Gasteiger partial charge in [0.05, 0.1) is 0 Å². The largest absolute Gasteiger partial charge is 0.296 e. The van der Waals surface area contributed by atoms with Gasteiger partial charge in [-0.1, -0.05) is 32.6 Å². The molecule has 106 valence electrons. The molecule has 3 fully saturated rings. The highest BCUT2D eigenvalue weighted by Gasteiger charge is 2.52. The minimum Gasteiger partial charge on any atom is -0.296 e. The Bertz CT molecular complexity index is 376. The summed E-state index contributed by atoms with van der Waals surface area (Å²) in [6.45, 7) is 2.29. The molecule has 0 aromatic carbocycles. The predicted molar refractivity (Wildman–Crippen MR) is 73.3 cm³/mol. The molecule has 3 rings (SSSR count). The van der Waals surface area contributed by atoms with E-state index in [0.717, 1.165) is 18.8 Å². The van der Waals surface area contributed by atoms with Gasteiger partial charge in [-0.25, -0.2) is 0 Å². The lowest BCUT2D eigenvalue weighted by atomic mass is 9.57. The van der Waals surface area contributed by atoms with Gasteiger partial charge in [0.2, 0.25) is 11.8 Å². The van der Waals surface area contributed by atoms with Crippen molar-refractivity contribution in [2.75, 3.05) is 0 Å². The van der Waals surface area contributed by atoms with E-state index in [0.29, 0.717) is 12.3 Å². The van der Waals surface area contributed by atoms with Crippen molar-refractivity contribution in [1.82, 2.24) is 5.32 Å². The predicted octanol–water partition coefficient (Wildman–Crippen LogP) is 3.04. The fourth-order valence-electron chi connectivity index (χ4n) is 4.80. The Kier molecular flexibility index (Phi) is 3.40. The molecule has 2 aliphatic carbocycles. The van der Waals surface area contributed by atoms with Gasteiger partial charge in [0.15, 0.2) is 0 Å². The maximum atomic E-state index is 12.4. The summed E-state index contributed by atoms with van der Waals surface area (Å²) in [6, 6.07) is 0. The summed E-state index contributed by atoms with van der Waals surface area (Å²) >= 11 is 0. The average molecular weight is 263 g/mol. The van der Waals surface area contributed by atoms with E-state index in [9.17, 15) is 9.59 Å². The van der Waals surface area contributed by atoms with Crippen LogP contribution in [0.15, 0.2) is 0 Å². The van der Waals surface area contributed by atoms with E-state index in [-0.39, 0.29) is 23.1 Å². The van der Waals surface area contributed by atoms with Gasteiger partial charge >= 0.3 is 0 Å². The molecular formula is C16H25NO2. The molecule has 3 nitrogen and oxygen atoms in total. The first-order valence-corrected chi connectivity index (χ1v) is 7.94. The summed E-state index contributed by atoms with van der Waals surface area (Å²) in [5.41, 5.74) is 0.000926. The third kappa shape index (κ3) is 2.32. The van der Waals surface area contributed by atoms with E-state index in [1.807, 2.05) is 0 Å². The number of amides is 2. The van der Waals surface area contributed by atoms with Gasteiger partial charge in [0, 0.05) is 12.3 Å². The fourth-order valence-corrected chi connectivity index (χ4v) is 4.80. The second-order valence-corrected chi connectivity index (χ2v) is 7.16. The van der Waals surface area contributed by atoms with Crippen molar-refractivity contribution in [3.63, 3.8) is 0 Å². The second kappa shape index (κ2) is 4.92. The van der Waals surface area contributed by atoms with Gasteiger partial charge in [-0.2, -0.15) is 0 Å². The quantitative estimate of drug-likeness (QED) is 0.739. The van der Waals surface area contributed by atoms with Crippen LogP contribution in [-0.4, -0.2) is 11.8 Å². The van der Waals surface area contributed by atoms with Crippen molar-refractivity contribution in [1.29, 1.82) is 0 Å². The molecule has 1 aliphatic heterocycles. The van der Waals surface area contributed by atoms with Crippen molar-refractivity contribution >= 4 is 11.8 Å². The lowest BCUT2D eigenvalue weighted by Crippen LogP contribution is -2.55. The Morgan fingerprint density at radius 3 is 2.32 bits per heavy atom. The van der Waals surface area contributed by atoms with Crippen LogP contribution in [0.1, 0.15) is 64.7 Å². The summed E-state index contributed by atoms with van der Waals surface area (Å²) in [4.78, 5) is 24.3. The number of hydrogen-bond donors (Lipinski definition) is 1. The Labute approximate surface area is 115 Å². The molecule has 0 radical (unpaired) electrons. The highest BCUT2D eigenvalue weighted by atomic mass is 16.2. The van der Waals surface area contributed by atoms with Gasteiger partial charge in [-0.15, -0.1) is 0 Å². The molecule has 1 N–H and O–H groups in total. The van der Waals surface area contributed by atoms with Gasteiger partial charge in [0.1, 0.15) is 0 Å². The van der Waals surface area contributed by atoms with Gasteiger partial charge < -0.3 is 0 Å². The van der Waals surface area contributed by atoms with Crippen LogP contribution in [-0.2, 0) is 9.59 Å². The summed E-state index contributed by atoms with van der Waals surface area (Å²) in [7, 11) is 0. The Morgan fingerprint density at radius 1 is 1.05 bits per heavy atom. The Morgan fingerprint density at radius 2 is 1.68 bits per heavy atom. The summed E-state index contributed by atoms with van der Waals surface area (Å²) in [5, 5.41) is 2.61. The normalized spacial score (nSPS) is 40.7. The van der Waals surface area contributed by atoms with Crippen LogP contribution in [0.5, 0.6) is 0 Å². The van der Waals surface area contributed by atoms with E-state index < -0.39 is 0 Å². The molecule has 2 amide bonds. The maximum Gasteiger partial charge on any atom is 0.230 e. The highest BCUT2D eigenvalue weighted by Crippen LogP contribution is 2.53. The van der Waals surface area contributed by atoms with Gasteiger partial charge in [-0.05, 0) is 42.9 Å². The smallest absolute Gasteiger partial charge is 0.230 e. The number of nitrogens with one attached hydrogen (secondary N) is 1. The van der Waals surface area contributed by atoms with Gasteiger partial charge in [0.25, 0.3) is 0 Å². The lowest BCUT2D eigenvalue weighted by molar-refractivity contribution is -0.149. The van der Waals surface area contributed by atoms with E-state index >= 15 is 0 Å². The molecule has 0 aromatic rings. The summed E-state index contributed by atoms with van der Waals surface area (Å²) < 4.78 is 0. The lowest BCUT2D eigenvalue weighted by Gasteiger charge is -2.48. The van der Waals surface area contributed by atoms with Crippen molar-refractivity contribution < 1.29 is 9.59 Å². The SMILES string of the molecule is CC1CCC2(CC1)CC(=O)NC(=O)C2C1CCCC1. The van der Waals surface area contributed by atoms with E-state index in [1.165, 1.54) is 38.5 Å². The molecule has 1 heterocycles. The highest BCUT2D eigenvalue weighted by molar-refractivity contribution is 5.99. The van der Waals surface area contributed by atoms with Crippen molar-refractivity contribution in [3.05, 3.63) is 0 Å². The van der Waals surface area contributed by atoms with Crippen LogP contribution in [0.2, 0.25) is 0 Å². The van der Waals surface area contributed by atoms with Crippen molar-refractivity contribution in [2.45, 2.75) is 64.7 Å². The third-order valence-corrected chi connectivity index (χ3v) is 5.86. The summed E-state index contributed by atoms with van der Waals surface area (Å²) in [5.74, 6) is 1.41. The molecule has 0 aromatic heterocycles. The molecule has 1 saturated heterocycles. The number of imide groups is 1. The van der Waals surface area contributed by atoms with E-state index in [4.69, 9.17) is 0 Å². The van der Waals surface area contributed by atoms with E-state index in [2.05, 4.69) is 12.2 Å². The van der Waals surface area contributed by atoms with E-state index in [1.54, 1.807) is 0 Å². The van der Waals surface area contributed by atoms with Crippen LogP contribution in [0.25, 0.3) is 0 Å². The zero-order valence-corrected chi connectivity index (χ0v) is 11.9. The van der Waals surface area contributed by atoms with Crippen LogP contribution < -0.4 is 5.32 Å². The molecule has 0 bridgehead atoms. The Balaban J connectivity index is 1.87. The van der Waals surface area contributed by atoms with Crippen LogP contribution in [0.4, 0.5) is 0 Å². The van der Waals surface area contributed by atoms with Crippen LogP contribution in [0.3, 0.4) is 0 Å². The number of hydrogen-bond acceptors (Lipinski definition) is 2. The number of rotatable bonds is 1.